The minimum Gasteiger partial charge on any atom is -0.381 e. The van der Waals surface area contributed by atoms with E-state index in [0.29, 0.717) is 32.0 Å². The Morgan fingerprint density at radius 2 is 2.08 bits per heavy atom. The molecule has 2 amide bonds. The van der Waals surface area contributed by atoms with Crippen molar-refractivity contribution in [1.82, 2.24) is 19.8 Å². The molecule has 2 aliphatic heterocycles. The number of ether oxygens (including phenoxy) is 2. The van der Waals surface area contributed by atoms with Crippen molar-refractivity contribution in [2.75, 3.05) is 40.0 Å². The standard InChI is InChI=1S/C17H24N4O4/c1-24-12-16(22)21(13-3-8-25-9-4-13)14-2-7-20(11-14)17(23)15-10-18-5-6-19-15/h5-6,10,13-14H,2-4,7-9,11-12H2,1H3. The SMILES string of the molecule is COCC(=O)N(C1CCOCC1)C1CCN(C(=O)c2cnccn2)C1. The third kappa shape index (κ3) is 4.13. The number of carbonyl (C=O) groups excluding carboxylic acids is 2. The third-order valence-electron chi connectivity index (χ3n) is 4.77. The van der Waals surface area contributed by atoms with Crippen molar-refractivity contribution in [3.8, 4) is 0 Å². The fourth-order valence-electron chi connectivity index (χ4n) is 3.59. The molecule has 25 heavy (non-hydrogen) atoms. The fraction of sp³-hybridized carbons (Fsp3) is 0.647. The van der Waals surface area contributed by atoms with E-state index < -0.39 is 0 Å². The molecule has 0 spiro atoms. The summed E-state index contributed by atoms with van der Waals surface area (Å²) in [4.78, 5) is 36.9. The lowest BCUT2D eigenvalue weighted by molar-refractivity contribution is -0.142. The molecule has 0 N–H and O–H groups in total. The van der Waals surface area contributed by atoms with Crippen LogP contribution in [0.5, 0.6) is 0 Å². The molecular weight excluding hydrogens is 324 g/mol. The van der Waals surface area contributed by atoms with Crippen LogP contribution in [0.4, 0.5) is 0 Å². The number of hydrogen-bond donors (Lipinski definition) is 0. The van der Waals surface area contributed by atoms with E-state index in [1.165, 1.54) is 19.5 Å². The van der Waals surface area contributed by atoms with E-state index in [4.69, 9.17) is 9.47 Å². The lowest BCUT2D eigenvalue weighted by atomic mass is 10.0. The summed E-state index contributed by atoms with van der Waals surface area (Å²) in [5.74, 6) is -0.157. The van der Waals surface area contributed by atoms with Crippen LogP contribution < -0.4 is 0 Å². The minimum atomic E-state index is -0.137. The van der Waals surface area contributed by atoms with Crippen LogP contribution in [-0.2, 0) is 14.3 Å². The summed E-state index contributed by atoms with van der Waals surface area (Å²) in [5.41, 5.74) is 0.337. The van der Waals surface area contributed by atoms with Gasteiger partial charge in [0, 0.05) is 51.8 Å². The quantitative estimate of drug-likeness (QED) is 0.763. The maximum Gasteiger partial charge on any atom is 0.274 e. The first-order valence-electron chi connectivity index (χ1n) is 8.64. The molecule has 8 heteroatoms. The molecule has 2 aliphatic rings. The van der Waals surface area contributed by atoms with Crippen molar-refractivity contribution < 1.29 is 19.1 Å². The van der Waals surface area contributed by atoms with Crippen molar-refractivity contribution in [2.45, 2.75) is 31.3 Å². The van der Waals surface area contributed by atoms with Gasteiger partial charge in [-0.1, -0.05) is 0 Å². The number of amides is 2. The van der Waals surface area contributed by atoms with Gasteiger partial charge in [-0.15, -0.1) is 0 Å². The smallest absolute Gasteiger partial charge is 0.274 e. The zero-order valence-electron chi connectivity index (χ0n) is 14.5. The Kier molecular flexibility index (Phi) is 5.93. The first-order valence-corrected chi connectivity index (χ1v) is 8.64. The minimum absolute atomic E-state index is 0.00590. The van der Waals surface area contributed by atoms with Crippen molar-refractivity contribution >= 4 is 11.8 Å². The largest absolute Gasteiger partial charge is 0.381 e. The number of carbonyl (C=O) groups is 2. The van der Waals surface area contributed by atoms with Crippen LogP contribution in [0.15, 0.2) is 18.6 Å². The second-order valence-electron chi connectivity index (χ2n) is 6.36. The summed E-state index contributed by atoms with van der Waals surface area (Å²) in [5, 5.41) is 0. The Balaban J connectivity index is 1.69. The summed E-state index contributed by atoms with van der Waals surface area (Å²) in [6, 6.07) is 0.152. The average molecular weight is 348 g/mol. The van der Waals surface area contributed by atoms with Crippen LogP contribution in [0.2, 0.25) is 0 Å². The van der Waals surface area contributed by atoms with Gasteiger partial charge in [0.2, 0.25) is 5.91 Å². The van der Waals surface area contributed by atoms with Gasteiger partial charge in [0.15, 0.2) is 0 Å². The number of likely N-dealkylation sites (tertiary alicyclic amines) is 1. The van der Waals surface area contributed by atoms with Crippen LogP contribution in [0, 0.1) is 0 Å². The van der Waals surface area contributed by atoms with Gasteiger partial charge in [0.25, 0.3) is 5.91 Å². The molecule has 1 unspecified atom stereocenters. The van der Waals surface area contributed by atoms with Gasteiger partial charge in [-0.25, -0.2) is 4.98 Å². The highest BCUT2D eigenvalue weighted by molar-refractivity contribution is 5.92. The molecule has 136 valence electrons. The van der Waals surface area contributed by atoms with Crippen molar-refractivity contribution in [1.29, 1.82) is 0 Å². The second kappa shape index (κ2) is 8.35. The highest BCUT2D eigenvalue weighted by Gasteiger charge is 2.37. The number of hydrogen-bond acceptors (Lipinski definition) is 6. The van der Waals surface area contributed by atoms with Gasteiger partial charge >= 0.3 is 0 Å². The molecule has 0 bridgehead atoms. The van der Waals surface area contributed by atoms with Crippen LogP contribution in [-0.4, -0.2) is 83.7 Å². The molecular formula is C17H24N4O4. The topological polar surface area (TPSA) is 84.9 Å². The highest BCUT2D eigenvalue weighted by Crippen LogP contribution is 2.24. The molecule has 0 saturated carbocycles. The first kappa shape index (κ1) is 17.8. The monoisotopic (exact) mass is 348 g/mol. The summed E-state index contributed by atoms with van der Waals surface area (Å²) >= 11 is 0. The van der Waals surface area contributed by atoms with E-state index >= 15 is 0 Å². The van der Waals surface area contributed by atoms with E-state index in [9.17, 15) is 9.59 Å². The lowest BCUT2D eigenvalue weighted by Crippen LogP contribution is -2.51. The van der Waals surface area contributed by atoms with Crippen LogP contribution >= 0.6 is 0 Å². The van der Waals surface area contributed by atoms with Gasteiger partial charge in [0.05, 0.1) is 12.2 Å². The number of nitrogens with zero attached hydrogens (tertiary/aromatic N) is 4. The average Bonchev–Trinajstić information content (AvgIpc) is 3.13. The Hall–Kier alpha value is -2.06. The summed E-state index contributed by atoms with van der Waals surface area (Å²) in [7, 11) is 1.53. The number of rotatable bonds is 5. The fourth-order valence-corrected chi connectivity index (χ4v) is 3.59. The molecule has 2 saturated heterocycles. The van der Waals surface area contributed by atoms with Crippen molar-refractivity contribution in [3.05, 3.63) is 24.3 Å². The summed E-state index contributed by atoms with van der Waals surface area (Å²) in [6.45, 7) is 2.51. The Labute approximate surface area is 147 Å². The maximum absolute atomic E-state index is 12.6. The molecule has 1 aromatic rings. The van der Waals surface area contributed by atoms with Crippen molar-refractivity contribution in [2.24, 2.45) is 0 Å². The van der Waals surface area contributed by atoms with Gasteiger partial charge in [-0.05, 0) is 19.3 Å². The number of methoxy groups -OCH3 is 1. The maximum atomic E-state index is 12.6. The summed E-state index contributed by atoms with van der Waals surface area (Å²) < 4.78 is 10.5. The third-order valence-corrected chi connectivity index (χ3v) is 4.77. The zero-order chi connectivity index (χ0) is 17.6. The van der Waals surface area contributed by atoms with Gasteiger partial charge in [0.1, 0.15) is 12.3 Å². The van der Waals surface area contributed by atoms with Crippen LogP contribution in [0.3, 0.4) is 0 Å². The second-order valence-corrected chi connectivity index (χ2v) is 6.36. The molecule has 8 nitrogen and oxygen atoms in total. The molecule has 1 atom stereocenters. The van der Waals surface area contributed by atoms with Crippen molar-refractivity contribution in [3.63, 3.8) is 0 Å². The molecule has 1 aromatic heterocycles. The van der Waals surface area contributed by atoms with Gasteiger partial charge < -0.3 is 19.3 Å². The Morgan fingerprint density at radius 3 is 2.76 bits per heavy atom. The molecule has 0 aromatic carbocycles. The van der Waals surface area contributed by atoms with Crippen LogP contribution in [0.1, 0.15) is 29.8 Å². The Bertz CT molecular complexity index is 592. The molecule has 3 rings (SSSR count). The normalized spacial score (nSPS) is 21.3. The summed E-state index contributed by atoms with van der Waals surface area (Å²) in [6.07, 6.45) is 6.94. The number of aromatic nitrogens is 2. The van der Waals surface area contributed by atoms with E-state index in [1.54, 1.807) is 11.1 Å². The molecule has 2 fully saturated rings. The van der Waals surface area contributed by atoms with Gasteiger partial charge in [-0.3, -0.25) is 14.6 Å². The zero-order valence-corrected chi connectivity index (χ0v) is 14.5. The molecule has 0 aliphatic carbocycles. The predicted molar refractivity (Wildman–Crippen MR) is 88.9 cm³/mol. The predicted octanol–water partition coefficient (Wildman–Crippen LogP) is 0.345. The van der Waals surface area contributed by atoms with E-state index in [-0.39, 0.29) is 30.5 Å². The van der Waals surface area contributed by atoms with E-state index in [1.807, 2.05) is 4.90 Å². The molecule has 0 radical (unpaired) electrons. The van der Waals surface area contributed by atoms with Crippen LogP contribution in [0.25, 0.3) is 0 Å². The Morgan fingerprint density at radius 1 is 1.28 bits per heavy atom. The first-order chi connectivity index (χ1) is 12.2. The van der Waals surface area contributed by atoms with E-state index in [0.717, 1.165) is 19.3 Å². The van der Waals surface area contributed by atoms with Gasteiger partial charge in [-0.2, -0.15) is 0 Å². The van der Waals surface area contributed by atoms with E-state index in [2.05, 4.69) is 9.97 Å². The molecule has 3 heterocycles. The lowest BCUT2D eigenvalue weighted by Gasteiger charge is -2.38. The highest BCUT2D eigenvalue weighted by atomic mass is 16.5.